The summed E-state index contributed by atoms with van der Waals surface area (Å²) in [5.41, 5.74) is 3.32. The van der Waals surface area contributed by atoms with Gasteiger partial charge in [0.05, 0.1) is 5.92 Å². The van der Waals surface area contributed by atoms with Crippen molar-refractivity contribution in [2.24, 2.45) is 11.8 Å². The van der Waals surface area contributed by atoms with Crippen LogP contribution in [0.4, 0.5) is 5.69 Å². The summed E-state index contributed by atoms with van der Waals surface area (Å²) >= 11 is 0. The van der Waals surface area contributed by atoms with E-state index in [9.17, 15) is 4.79 Å². The Morgan fingerprint density at radius 3 is 2.39 bits per heavy atom. The standard InChI is InChI=1S/C15H24N2O/c1-10(2)14(9-16-5)15(18)17-13-7-6-11(3)12(4)8-13/h6-8,10,14,16H,9H2,1-5H3,(H,17,18). The second-order valence-electron chi connectivity index (χ2n) is 5.20. The molecule has 18 heavy (non-hydrogen) atoms. The molecule has 0 aliphatic carbocycles. The molecule has 1 unspecified atom stereocenters. The first kappa shape index (κ1) is 14.7. The number of aryl methyl sites for hydroxylation is 2. The minimum Gasteiger partial charge on any atom is -0.326 e. The third-order valence-corrected chi connectivity index (χ3v) is 3.34. The van der Waals surface area contributed by atoms with Gasteiger partial charge in [0.25, 0.3) is 0 Å². The van der Waals surface area contributed by atoms with Crippen LogP contribution >= 0.6 is 0 Å². The Balaban J connectivity index is 2.76. The Kier molecular flexibility index (Phi) is 5.35. The van der Waals surface area contributed by atoms with Crippen molar-refractivity contribution in [1.82, 2.24) is 5.32 Å². The molecule has 1 aromatic rings. The Morgan fingerprint density at radius 2 is 1.89 bits per heavy atom. The summed E-state index contributed by atoms with van der Waals surface area (Å²) < 4.78 is 0. The maximum Gasteiger partial charge on any atom is 0.229 e. The monoisotopic (exact) mass is 248 g/mol. The summed E-state index contributed by atoms with van der Waals surface area (Å²) in [5.74, 6) is 0.406. The molecule has 0 aliphatic rings. The molecule has 0 radical (unpaired) electrons. The molecule has 0 fully saturated rings. The van der Waals surface area contributed by atoms with E-state index in [0.717, 1.165) is 5.69 Å². The predicted octanol–water partition coefficient (Wildman–Crippen LogP) is 2.73. The molecule has 1 rings (SSSR count). The van der Waals surface area contributed by atoms with Crippen LogP contribution < -0.4 is 10.6 Å². The Hall–Kier alpha value is -1.35. The van der Waals surface area contributed by atoms with E-state index in [-0.39, 0.29) is 11.8 Å². The predicted molar refractivity (Wildman–Crippen MR) is 76.8 cm³/mol. The van der Waals surface area contributed by atoms with E-state index in [1.165, 1.54) is 11.1 Å². The number of amides is 1. The lowest BCUT2D eigenvalue weighted by Crippen LogP contribution is -2.34. The van der Waals surface area contributed by atoms with E-state index in [1.807, 2.05) is 25.2 Å². The molecule has 100 valence electrons. The van der Waals surface area contributed by atoms with Crippen molar-refractivity contribution < 1.29 is 4.79 Å². The van der Waals surface area contributed by atoms with Crippen molar-refractivity contribution in [3.05, 3.63) is 29.3 Å². The topological polar surface area (TPSA) is 41.1 Å². The molecule has 1 aromatic carbocycles. The maximum absolute atomic E-state index is 12.2. The molecule has 1 amide bonds. The smallest absolute Gasteiger partial charge is 0.229 e. The van der Waals surface area contributed by atoms with E-state index >= 15 is 0 Å². The van der Waals surface area contributed by atoms with Crippen LogP contribution in [0.25, 0.3) is 0 Å². The molecule has 0 saturated carbocycles. The van der Waals surface area contributed by atoms with Gasteiger partial charge in [-0.3, -0.25) is 4.79 Å². The molecule has 0 bridgehead atoms. The van der Waals surface area contributed by atoms with Crippen molar-refractivity contribution in [1.29, 1.82) is 0 Å². The third-order valence-electron chi connectivity index (χ3n) is 3.34. The van der Waals surface area contributed by atoms with Gasteiger partial charge in [0.15, 0.2) is 0 Å². The number of carbonyl (C=O) groups is 1. The van der Waals surface area contributed by atoms with Crippen LogP contribution in [0.15, 0.2) is 18.2 Å². The minimum atomic E-state index is -0.00314. The highest BCUT2D eigenvalue weighted by molar-refractivity contribution is 5.93. The summed E-state index contributed by atoms with van der Waals surface area (Å²) in [5, 5.41) is 6.07. The first-order chi connectivity index (χ1) is 8.45. The van der Waals surface area contributed by atoms with Crippen molar-refractivity contribution in [3.63, 3.8) is 0 Å². The van der Waals surface area contributed by atoms with Gasteiger partial charge >= 0.3 is 0 Å². The van der Waals surface area contributed by atoms with Crippen LogP contribution in [0, 0.1) is 25.7 Å². The summed E-state index contributed by atoms with van der Waals surface area (Å²) in [6, 6.07) is 6.01. The molecule has 1 atom stereocenters. The lowest BCUT2D eigenvalue weighted by Gasteiger charge is -2.20. The summed E-state index contributed by atoms with van der Waals surface area (Å²) in [6.45, 7) is 8.97. The third kappa shape index (κ3) is 3.84. The number of hydrogen-bond donors (Lipinski definition) is 2. The van der Waals surface area contributed by atoms with Crippen LogP contribution in [0.3, 0.4) is 0 Å². The molecule has 0 aromatic heterocycles. The summed E-state index contributed by atoms with van der Waals surface area (Å²) in [4.78, 5) is 12.2. The van der Waals surface area contributed by atoms with Gasteiger partial charge in [0.1, 0.15) is 0 Å². The SMILES string of the molecule is CNCC(C(=O)Nc1ccc(C)c(C)c1)C(C)C. The fraction of sp³-hybridized carbons (Fsp3) is 0.533. The van der Waals surface area contributed by atoms with Gasteiger partial charge in [-0.2, -0.15) is 0 Å². The van der Waals surface area contributed by atoms with E-state index < -0.39 is 0 Å². The number of hydrogen-bond acceptors (Lipinski definition) is 2. The molecule has 0 saturated heterocycles. The summed E-state index contributed by atoms with van der Waals surface area (Å²) in [7, 11) is 1.87. The highest BCUT2D eigenvalue weighted by Gasteiger charge is 2.21. The van der Waals surface area contributed by atoms with Gasteiger partial charge in [-0.05, 0) is 50.1 Å². The first-order valence-corrected chi connectivity index (χ1v) is 6.48. The van der Waals surface area contributed by atoms with Gasteiger partial charge < -0.3 is 10.6 Å². The number of nitrogens with one attached hydrogen (secondary N) is 2. The highest BCUT2D eigenvalue weighted by atomic mass is 16.1. The average Bonchev–Trinajstić information content (AvgIpc) is 2.30. The second kappa shape index (κ2) is 6.55. The lowest BCUT2D eigenvalue weighted by molar-refractivity contribution is -0.120. The quantitative estimate of drug-likeness (QED) is 0.841. The largest absolute Gasteiger partial charge is 0.326 e. The van der Waals surface area contributed by atoms with Crippen LogP contribution in [0.1, 0.15) is 25.0 Å². The Bertz CT molecular complexity index is 413. The van der Waals surface area contributed by atoms with E-state index in [1.54, 1.807) is 0 Å². The lowest BCUT2D eigenvalue weighted by atomic mass is 9.94. The first-order valence-electron chi connectivity index (χ1n) is 6.48. The summed E-state index contributed by atoms with van der Waals surface area (Å²) in [6.07, 6.45) is 0. The maximum atomic E-state index is 12.2. The molecular weight excluding hydrogens is 224 g/mol. The molecule has 3 nitrogen and oxygen atoms in total. The fourth-order valence-electron chi connectivity index (χ4n) is 1.91. The van der Waals surface area contributed by atoms with Gasteiger partial charge in [-0.15, -0.1) is 0 Å². The zero-order valence-corrected chi connectivity index (χ0v) is 12.0. The van der Waals surface area contributed by atoms with Gasteiger partial charge in [0, 0.05) is 12.2 Å². The van der Waals surface area contributed by atoms with Crippen molar-refractivity contribution in [2.75, 3.05) is 18.9 Å². The Morgan fingerprint density at radius 1 is 1.22 bits per heavy atom. The normalized spacial score (nSPS) is 12.6. The van der Waals surface area contributed by atoms with E-state index in [0.29, 0.717) is 12.5 Å². The van der Waals surface area contributed by atoms with Crippen molar-refractivity contribution in [3.8, 4) is 0 Å². The average molecular weight is 248 g/mol. The van der Waals surface area contributed by atoms with Crippen LogP contribution in [-0.4, -0.2) is 19.5 Å². The van der Waals surface area contributed by atoms with Crippen molar-refractivity contribution >= 4 is 11.6 Å². The van der Waals surface area contributed by atoms with Crippen LogP contribution in [0.5, 0.6) is 0 Å². The van der Waals surface area contributed by atoms with Gasteiger partial charge in [-0.25, -0.2) is 0 Å². The highest BCUT2D eigenvalue weighted by Crippen LogP contribution is 2.17. The van der Waals surface area contributed by atoms with Crippen LogP contribution in [-0.2, 0) is 4.79 Å². The zero-order valence-electron chi connectivity index (χ0n) is 12.0. The van der Waals surface area contributed by atoms with Gasteiger partial charge in [0.2, 0.25) is 5.91 Å². The van der Waals surface area contributed by atoms with Gasteiger partial charge in [-0.1, -0.05) is 19.9 Å². The molecule has 0 aliphatic heterocycles. The molecule has 0 spiro atoms. The number of rotatable bonds is 5. The minimum absolute atomic E-state index is 0.00314. The zero-order chi connectivity index (χ0) is 13.7. The molecule has 2 N–H and O–H groups in total. The molecule has 3 heteroatoms. The molecular formula is C15H24N2O. The Labute approximate surface area is 110 Å². The second-order valence-corrected chi connectivity index (χ2v) is 5.20. The number of carbonyl (C=O) groups excluding carboxylic acids is 1. The number of anilines is 1. The van der Waals surface area contributed by atoms with Crippen LogP contribution in [0.2, 0.25) is 0 Å². The molecule has 0 heterocycles. The van der Waals surface area contributed by atoms with E-state index in [4.69, 9.17) is 0 Å². The van der Waals surface area contributed by atoms with Crippen molar-refractivity contribution in [2.45, 2.75) is 27.7 Å². The number of benzene rings is 1. The fourth-order valence-corrected chi connectivity index (χ4v) is 1.91. The van der Waals surface area contributed by atoms with E-state index in [2.05, 4.69) is 38.3 Å².